The molecule has 0 radical (unpaired) electrons. The van der Waals surface area contributed by atoms with Crippen molar-refractivity contribution >= 4 is 12.1 Å². The number of ether oxygens (including phenoxy) is 1. The molecule has 0 atom stereocenters. The summed E-state index contributed by atoms with van der Waals surface area (Å²) >= 11 is 0. The quantitative estimate of drug-likeness (QED) is 0.791. The first-order chi connectivity index (χ1) is 11.6. The predicted octanol–water partition coefficient (Wildman–Crippen LogP) is 3.97. The van der Waals surface area contributed by atoms with Crippen molar-refractivity contribution in [2.24, 2.45) is 11.3 Å². The molecule has 0 saturated heterocycles. The monoisotopic (exact) mass is 333 g/mol. The minimum absolute atomic E-state index is 0.134. The summed E-state index contributed by atoms with van der Waals surface area (Å²) in [6.45, 7) is 2.48. The predicted molar refractivity (Wildman–Crippen MR) is 91.6 cm³/mol. The molecule has 2 rings (SSSR count). The van der Waals surface area contributed by atoms with Crippen LogP contribution in [0.25, 0.3) is 0 Å². The van der Waals surface area contributed by atoms with Crippen LogP contribution in [0.1, 0.15) is 51.0 Å². The zero-order chi connectivity index (χ0) is 17.4. The van der Waals surface area contributed by atoms with E-state index in [2.05, 4.69) is 12.2 Å². The molecule has 0 bridgehead atoms. The number of nitrogens with one attached hydrogen (secondary N) is 1. The number of carbonyl (C=O) groups is 2. The van der Waals surface area contributed by atoms with Crippen LogP contribution in [0.15, 0.2) is 30.3 Å². The van der Waals surface area contributed by atoms with Crippen LogP contribution in [0.2, 0.25) is 0 Å². The fourth-order valence-electron chi connectivity index (χ4n) is 3.41. The SMILES string of the molecule is CCCC1CCC(CNC(=O)OCc2ccccc2)(C(=O)O)CC1. The molecule has 24 heavy (non-hydrogen) atoms. The number of hydrogen-bond donors (Lipinski definition) is 2. The lowest BCUT2D eigenvalue weighted by atomic mass is 9.69. The van der Waals surface area contributed by atoms with E-state index in [1.165, 1.54) is 0 Å². The summed E-state index contributed by atoms with van der Waals surface area (Å²) in [6.07, 6.45) is 4.80. The molecule has 1 saturated carbocycles. The largest absolute Gasteiger partial charge is 0.481 e. The lowest BCUT2D eigenvalue weighted by Crippen LogP contribution is -2.45. The van der Waals surface area contributed by atoms with Crippen LogP contribution in [0, 0.1) is 11.3 Å². The van der Waals surface area contributed by atoms with Gasteiger partial charge < -0.3 is 15.2 Å². The van der Waals surface area contributed by atoms with E-state index in [1.807, 2.05) is 30.3 Å². The van der Waals surface area contributed by atoms with Gasteiger partial charge in [0.1, 0.15) is 6.61 Å². The average Bonchev–Trinajstić information content (AvgIpc) is 2.60. The van der Waals surface area contributed by atoms with Crippen molar-refractivity contribution in [2.45, 2.75) is 52.1 Å². The fraction of sp³-hybridized carbons (Fsp3) is 0.579. The maximum atomic E-state index is 11.9. The fourth-order valence-corrected chi connectivity index (χ4v) is 3.41. The number of carbonyl (C=O) groups excluding carboxylic acids is 1. The van der Waals surface area contributed by atoms with Crippen LogP contribution >= 0.6 is 0 Å². The minimum atomic E-state index is -0.851. The lowest BCUT2D eigenvalue weighted by molar-refractivity contribution is -0.151. The molecule has 2 N–H and O–H groups in total. The number of alkyl carbamates (subject to hydrolysis) is 1. The van der Waals surface area contributed by atoms with E-state index in [-0.39, 0.29) is 13.2 Å². The molecule has 0 unspecified atom stereocenters. The molecule has 1 aliphatic rings. The molecular weight excluding hydrogens is 306 g/mol. The zero-order valence-electron chi connectivity index (χ0n) is 14.3. The van der Waals surface area contributed by atoms with Gasteiger partial charge in [-0.2, -0.15) is 0 Å². The van der Waals surface area contributed by atoms with E-state index in [9.17, 15) is 14.7 Å². The summed E-state index contributed by atoms with van der Waals surface area (Å²) < 4.78 is 5.16. The molecule has 1 fully saturated rings. The van der Waals surface area contributed by atoms with Gasteiger partial charge in [-0.1, -0.05) is 50.1 Å². The molecule has 5 heteroatoms. The Morgan fingerprint density at radius 2 is 1.92 bits per heavy atom. The van der Waals surface area contributed by atoms with Crippen LogP contribution in [-0.2, 0) is 16.1 Å². The van der Waals surface area contributed by atoms with Crippen LogP contribution in [-0.4, -0.2) is 23.7 Å². The summed E-state index contributed by atoms with van der Waals surface area (Å²) in [6, 6.07) is 9.41. The van der Waals surface area contributed by atoms with Crippen LogP contribution < -0.4 is 5.32 Å². The number of carboxylic acid groups (broad SMARTS) is 1. The van der Waals surface area contributed by atoms with Crippen LogP contribution in [0.5, 0.6) is 0 Å². The van der Waals surface area contributed by atoms with Gasteiger partial charge in [0, 0.05) is 6.54 Å². The second-order valence-electron chi connectivity index (χ2n) is 6.73. The van der Waals surface area contributed by atoms with Crippen molar-refractivity contribution in [3.8, 4) is 0 Å². The van der Waals surface area contributed by atoms with E-state index in [4.69, 9.17) is 4.74 Å². The maximum Gasteiger partial charge on any atom is 0.407 e. The van der Waals surface area contributed by atoms with Gasteiger partial charge in [-0.25, -0.2) is 4.79 Å². The normalized spacial score (nSPS) is 23.5. The zero-order valence-corrected chi connectivity index (χ0v) is 14.3. The van der Waals surface area contributed by atoms with Gasteiger partial charge in [-0.15, -0.1) is 0 Å². The molecule has 1 aromatic rings. The second-order valence-corrected chi connectivity index (χ2v) is 6.73. The van der Waals surface area contributed by atoms with Gasteiger partial charge in [0.25, 0.3) is 0 Å². The Labute approximate surface area is 143 Å². The highest BCUT2D eigenvalue weighted by Crippen LogP contribution is 2.40. The Bertz CT molecular complexity index is 536. The molecule has 0 heterocycles. The second kappa shape index (κ2) is 8.71. The van der Waals surface area contributed by atoms with Gasteiger partial charge >= 0.3 is 12.1 Å². The first kappa shape index (κ1) is 18.3. The highest BCUT2D eigenvalue weighted by atomic mass is 16.5. The maximum absolute atomic E-state index is 11.9. The highest BCUT2D eigenvalue weighted by Gasteiger charge is 2.42. The number of amides is 1. The van der Waals surface area contributed by atoms with Gasteiger partial charge in [0.05, 0.1) is 5.41 Å². The molecule has 0 aliphatic heterocycles. The van der Waals surface area contributed by atoms with Crippen molar-refractivity contribution in [2.75, 3.05) is 6.54 Å². The van der Waals surface area contributed by atoms with Crippen molar-refractivity contribution in [1.29, 1.82) is 0 Å². The lowest BCUT2D eigenvalue weighted by Gasteiger charge is -2.36. The van der Waals surface area contributed by atoms with Gasteiger partial charge in [-0.3, -0.25) is 4.79 Å². The molecular formula is C19H27NO4. The third kappa shape index (κ3) is 4.98. The molecule has 1 amide bonds. The average molecular weight is 333 g/mol. The Morgan fingerprint density at radius 3 is 2.50 bits per heavy atom. The third-order valence-electron chi connectivity index (χ3n) is 5.00. The Balaban J connectivity index is 1.81. The van der Waals surface area contributed by atoms with Gasteiger partial charge in [-0.05, 0) is 37.2 Å². The van der Waals surface area contributed by atoms with E-state index < -0.39 is 17.5 Å². The van der Waals surface area contributed by atoms with Crippen LogP contribution in [0.4, 0.5) is 4.79 Å². The third-order valence-corrected chi connectivity index (χ3v) is 5.00. The summed E-state index contributed by atoms with van der Waals surface area (Å²) in [5.41, 5.74) is 0.0522. The standard InChI is InChI=1S/C19H27NO4/c1-2-6-15-9-11-19(12-10-15,17(21)22)14-20-18(23)24-13-16-7-4-3-5-8-16/h3-5,7-8,15H,2,6,9-14H2,1H3,(H,20,23)(H,21,22). The van der Waals surface area contributed by atoms with E-state index in [1.54, 1.807) is 0 Å². The topological polar surface area (TPSA) is 75.6 Å². The smallest absolute Gasteiger partial charge is 0.407 e. The molecule has 1 aromatic carbocycles. The molecule has 132 valence electrons. The van der Waals surface area contributed by atoms with Crippen molar-refractivity contribution < 1.29 is 19.4 Å². The summed E-state index contributed by atoms with van der Waals surface area (Å²) in [5.74, 6) is -0.201. The summed E-state index contributed by atoms with van der Waals surface area (Å²) in [7, 11) is 0. The van der Waals surface area contributed by atoms with Crippen molar-refractivity contribution in [3.63, 3.8) is 0 Å². The summed E-state index contributed by atoms with van der Waals surface area (Å²) in [5, 5.41) is 12.3. The number of benzene rings is 1. The van der Waals surface area contributed by atoms with Crippen molar-refractivity contribution in [3.05, 3.63) is 35.9 Å². The number of aliphatic carboxylic acids is 1. The highest BCUT2D eigenvalue weighted by molar-refractivity contribution is 5.76. The Kier molecular flexibility index (Phi) is 6.64. The first-order valence-corrected chi connectivity index (χ1v) is 8.73. The van der Waals surface area contributed by atoms with Gasteiger partial charge in [0.15, 0.2) is 0 Å². The summed E-state index contributed by atoms with van der Waals surface area (Å²) in [4.78, 5) is 23.6. The molecule has 0 spiro atoms. The van der Waals surface area contributed by atoms with E-state index >= 15 is 0 Å². The van der Waals surface area contributed by atoms with Gasteiger partial charge in [0.2, 0.25) is 0 Å². The first-order valence-electron chi connectivity index (χ1n) is 8.73. The number of hydrogen-bond acceptors (Lipinski definition) is 3. The van der Waals surface area contributed by atoms with E-state index in [0.717, 1.165) is 31.2 Å². The minimum Gasteiger partial charge on any atom is -0.481 e. The molecule has 5 nitrogen and oxygen atoms in total. The Morgan fingerprint density at radius 1 is 1.25 bits per heavy atom. The van der Waals surface area contributed by atoms with Crippen LogP contribution in [0.3, 0.4) is 0 Å². The molecule has 0 aromatic heterocycles. The number of rotatable bonds is 7. The number of carboxylic acids is 1. The molecule has 1 aliphatic carbocycles. The van der Waals surface area contributed by atoms with E-state index in [0.29, 0.717) is 18.8 Å². The van der Waals surface area contributed by atoms with Crippen molar-refractivity contribution in [1.82, 2.24) is 5.32 Å². The Hall–Kier alpha value is -2.04.